The predicted octanol–water partition coefficient (Wildman–Crippen LogP) is -1.13. The first kappa shape index (κ1) is 9.39. The van der Waals surface area contributed by atoms with Gasteiger partial charge in [-0.25, -0.2) is 0 Å². The number of aliphatic hydroxyl groups excluding tert-OH is 2. The molecule has 0 radical (unpaired) electrons. The summed E-state index contributed by atoms with van der Waals surface area (Å²) in [6.45, 7) is 1.87. The Labute approximate surface area is 59.9 Å². The molecule has 0 aromatic carbocycles. The lowest BCUT2D eigenvalue weighted by molar-refractivity contribution is -0.128. The topological polar surface area (TPSA) is 69.6 Å². The lowest BCUT2D eigenvalue weighted by Crippen LogP contribution is -2.33. The lowest BCUT2D eigenvalue weighted by atomic mass is 10.3. The van der Waals surface area contributed by atoms with Crippen molar-refractivity contribution in [2.75, 3.05) is 13.2 Å². The fourth-order valence-electron chi connectivity index (χ4n) is 0.438. The third-order valence-electron chi connectivity index (χ3n) is 1.01. The molecule has 4 nitrogen and oxygen atoms in total. The van der Waals surface area contributed by atoms with E-state index in [0.717, 1.165) is 0 Å². The van der Waals surface area contributed by atoms with Gasteiger partial charge in [-0.05, 0) is 13.3 Å². The molecule has 60 valence electrons. The fourth-order valence-corrected chi connectivity index (χ4v) is 0.438. The molecule has 0 aliphatic carbocycles. The Morgan fingerprint density at radius 1 is 1.70 bits per heavy atom. The summed E-state index contributed by atoms with van der Waals surface area (Å²) < 4.78 is 0. The van der Waals surface area contributed by atoms with E-state index in [1.165, 1.54) is 6.92 Å². The van der Waals surface area contributed by atoms with E-state index in [1.54, 1.807) is 0 Å². The minimum Gasteiger partial charge on any atom is -0.396 e. The molecule has 1 unspecified atom stereocenters. The van der Waals surface area contributed by atoms with Gasteiger partial charge < -0.3 is 15.5 Å². The minimum atomic E-state index is -0.960. The summed E-state index contributed by atoms with van der Waals surface area (Å²) in [4.78, 5) is 10.6. The largest absolute Gasteiger partial charge is 0.396 e. The van der Waals surface area contributed by atoms with Crippen LogP contribution in [0.25, 0.3) is 0 Å². The van der Waals surface area contributed by atoms with Gasteiger partial charge in [0.25, 0.3) is 0 Å². The molecule has 1 amide bonds. The van der Waals surface area contributed by atoms with Crippen LogP contribution in [0.15, 0.2) is 0 Å². The molecule has 0 fully saturated rings. The molecule has 0 spiro atoms. The van der Waals surface area contributed by atoms with Crippen molar-refractivity contribution >= 4 is 5.91 Å². The van der Waals surface area contributed by atoms with Gasteiger partial charge in [-0.15, -0.1) is 0 Å². The molecular formula is C6H13NO3. The molecule has 3 N–H and O–H groups in total. The van der Waals surface area contributed by atoms with Crippen molar-refractivity contribution in [1.29, 1.82) is 0 Å². The van der Waals surface area contributed by atoms with E-state index in [2.05, 4.69) is 5.32 Å². The van der Waals surface area contributed by atoms with Crippen LogP contribution in [0, 0.1) is 0 Å². The predicted molar refractivity (Wildman–Crippen MR) is 36.4 cm³/mol. The molecule has 0 heterocycles. The summed E-state index contributed by atoms with van der Waals surface area (Å²) >= 11 is 0. The van der Waals surface area contributed by atoms with Gasteiger partial charge in [-0.1, -0.05) is 0 Å². The number of aliphatic hydroxyl groups is 2. The fraction of sp³-hybridized carbons (Fsp3) is 0.833. The summed E-state index contributed by atoms with van der Waals surface area (Å²) in [5, 5.41) is 19.4. The van der Waals surface area contributed by atoms with E-state index in [4.69, 9.17) is 10.2 Å². The molecule has 0 aromatic heterocycles. The summed E-state index contributed by atoms with van der Waals surface area (Å²) in [5.74, 6) is -0.395. The lowest BCUT2D eigenvalue weighted by Gasteiger charge is -2.04. The first-order valence-electron chi connectivity index (χ1n) is 3.25. The second kappa shape index (κ2) is 5.20. The number of nitrogens with one attached hydrogen (secondary N) is 1. The second-order valence-corrected chi connectivity index (χ2v) is 2.04. The average Bonchev–Trinajstić information content (AvgIpc) is 1.88. The maximum Gasteiger partial charge on any atom is 0.248 e. The van der Waals surface area contributed by atoms with Crippen LogP contribution in [0.4, 0.5) is 0 Å². The molecule has 0 bridgehead atoms. The highest BCUT2D eigenvalue weighted by Gasteiger charge is 2.05. The number of hydrogen-bond donors (Lipinski definition) is 3. The highest BCUT2D eigenvalue weighted by atomic mass is 16.3. The van der Waals surface area contributed by atoms with Crippen LogP contribution < -0.4 is 5.32 Å². The third kappa shape index (κ3) is 4.29. The maximum atomic E-state index is 10.6. The van der Waals surface area contributed by atoms with E-state index in [0.29, 0.717) is 13.0 Å². The Morgan fingerprint density at radius 2 is 2.30 bits per heavy atom. The summed E-state index contributed by atoms with van der Waals surface area (Å²) in [6.07, 6.45) is -0.433. The van der Waals surface area contributed by atoms with E-state index in [1.807, 2.05) is 0 Å². The Bertz CT molecular complexity index is 103. The van der Waals surface area contributed by atoms with E-state index in [-0.39, 0.29) is 6.61 Å². The van der Waals surface area contributed by atoms with Crippen molar-refractivity contribution in [3.63, 3.8) is 0 Å². The van der Waals surface area contributed by atoms with Crippen molar-refractivity contribution in [2.24, 2.45) is 0 Å². The molecular weight excluding hydrogens is 134 g/mol. The SMILES string of the molecule is CC(O)C(=O)NCCCO. The molecule has 4 heteroatoms. The standard InChI is InChI=1S/C6H13NO3/c1-5(9)6(10)7-3-2-4-8/h5,8-9H,2-4H2,1H3,(H,7,10). The van der Waals surface area contributed by atoms with E-state index in [9.17, 15) is 4.79 Å². The zero-order valence-electron chi connectivity index (χ0n) is 6.00. The van der Waals surface area contributed by atoms with Crippen LogP contribution in [0.5, 0.6) is 0 Å². The molecule has 0 saturated heterocycles. The molecule has 10 heavy (non-hydrogen) atoms. The van der Waals surface area contributed by atoms with Gasteiger partial charge in [0.1, 0.15) is 6.10 Å². The average molecular weight is 147 g/mol. The second-order valence-electron chi connectivity index (χ2n) is 2.04. The molecule has 0 aromatic rings. The monoisotopic (exact) mass is 147 g/mol. The van der Waals surface area contributed by atoms with Crippen LogP contribution in [-0.4, -0.2) is 35.4 Å². The summed E-state index contributed by atoms with van der Waals surface area (Å²) in [6, 6.07) is 0. The quantitative estimate of drug-likeness (QED) is 0.440. The molecule has 1 atom stereocenters. The van der Waals surface area contributed by atoms with Gasteiger partial charge in [0.05, 0.1) is 0 Å². The van der Waals surface area contributed by atoms with Gasteiger partial charge in [0.15, 0.2) is 0 Å². The number of hydrogen-bond acceptors (Lipinski definition) is 3. The Kier molecular flexibility index (Phi) is 4.88. The molecule has 0 aliphatic rings. The Morgan fingerprint density at radius 3 is 2.70 bits per heavy atom. The summed E-state index contributed by atoms with van der Waals surface area (Å²) in [7, 11) is 0. The zero-order chi connectivity index (χ0) is 7.98. The highest BCUT2D eigenvalue weighted by Crippen LogP contribution is 1.79. The summed E-state index contributed by atoms with van der Waals surface area (Å²) in [5.41, 5.74) is 0. The highest BCUT2D eigenvalue weighted by molar-refractivity contribution is 5.79. The van der Waals surface area contributed by atoms with Gasteiger partial charge in [-0.2, -0.15) is 0 Å². The van der Waals surface area contributed by atoms with Crippen LogP contribution >= 0.6 is 0 Å². The van der Waals surface area contributed by atoms with Crippen molar-refractivity contribution in [1.82, 2.24) is 5.32 Å². The van der Waals surface area contributed by atoms with Crippen LogP contribution in [0.2, 0.25) is 0 Å². The molecule has 0 rings (SSSR count). The Hall–Kier alpha value is -0.610. The minimum absolute atomic E-state index is 0.0556. The van der Waals surface area contributed by atoms with Crippen molar-refractivity contribution in [3.8, 4) is 0 Å². The van der Waals surface area contributed by atoms with Crippen LogP contribution in [0.1, 0.15) is 13.3 Å². The van der Waals surface area contributed by atoms with Crippen molar-refractivity contribution in [3.05, 3.63) is 0 Å². The number of amides is 1. The third-order valence-corrected chi connectivity index (χ3v) is 1.01. The number of carbonyl (C=O) groups excluding carboxylic acids is 1. The molecule has 0 saturated carbocycles. The zero-order valence-corrected chi connectivity index (χ0v) is 6.00. The maximum absolute atomic E-state index is 10.6. The molecule has 0 aliphatic heterocycles. The van der Waals surface area contributed by atoms with E-state index >= 15 is 0 Å². The Balaban J connectivity index is 3.22. The number of carbonyl (C=O) groups is 1. The number of rotatable bonds is 4. The van der Waals surface area contributed by atoms with Gasteiger partial charge in [0, 0.05) is 13.2 Å². The smallest absolute Gasteiger partial charge is 0.248 e. The first-order valence-corrected chi connectivity index (χ1v) is 3.25. The van der Waals surface area contributed by atoms with Gasteiger partial charge in [0.2, 0.25) is 5.91 Å². The van der Waals surface area contributed by atoms with Crippen molar-refractivity contribution < 1.29 is 15.0 Å². The van der Waals surface area contributed by atoms with E-state index < -0.39 is 12.0 Å². The van der Waals surface area contributed by atoms with Crippen molar-refractivity contribution in [2.45, 2.75) is 19.4 Å². The van der Waals surface area contributed by atoms with Gasteiger partial charge in [-0.3, -0.25) is 4.79 Å². The van der Waals surface area contributed by atoms with Crippen LogP contribution in [-0.2, 0) is 4.79 Å². The van der Waals surface area contributed by atoms with Gasteiger partial charge >= 0.3 is 0 Å². The van der Waals surface area contributed by atoms with Crippen LogP contribution in [0.3, 0.4) is 0 Å². The first-order chi connectivity index (χ1) is 4.68. The normalized spacial score (nSPS) is 12.7.